The van der Waals surface area contributed by atoms with Crippen LogP contribution in [-0.2, 0) is 24.0 Å². The molecule has 0 bridgehead atoms. The molecule has 10 heteroatoms. The Hall–Kier alpha value is -2.29. The van der Waals surface area contributed by atoms with Crippen molar-refractivity contribution in [1.29, 1.82) is 0 Å². The fraction of sp³-hybridized carbons (Fsp3) is 0.556. The Morgan fingerprint density at radius 2 is 1.42 bits per heavy atom. The Bertz CT molecular complexity index is 299. The van der Waals surface area contributed by atoms with Crippen molar-refractivity contribution in [2.75, 3.05) is 6.54 Å². The minimum absolute atomic E-state index is 0. The van der Waals surface area contributed by atoms with Crippen molar-refractivity contribution < 1.29 is 39.3 Å². The second-order valence-corrected chi connectivity index (χ2v) is 2.56. The Kier molecular flexibility index (Phi) is 24.3. The third-order valence-corrected chi connectivity index (χ3v) is 1.07. The number of carboxylic acid groups (broad SMARTS) is 3. The van der Waals surface area contributed by atoms with Crippen molar-refractivity contribution in [3.8, 4) is 0 Å². The average molecular weight is 282 g/mol. The molecule has 112 valence electrons. The normalized spacial score (nSPS) is 8.95. The van der Waals surface area contributed by atoms with E-state index in [9.17, 15) is 14.4 Å². The summed E-state index contributed by atoms with van der Waals surface area (Å²) in [4.78, 5) is 45.4. The maximum atomic E-state index is 9.85. The first-order valence-corrected chi connectivity index (χ1v) is 4.34. The first-order chi connectivity index (χ1) is 8.22. The van der Waals surface area contributed by atoms with Gasteiger partial charge in [0.2, 0.25) is 0 Å². The second-order valence-electron chi connectivity index (χ2n) is 2.56. The fourth-order valence-electron chi connectivity index (χ4n) is 0.399. The SMILES string of the molecule is C.NCCC(=O)O.N[C@@H](CC(=O)O)C(=O)O.O=C=O. The molecule has 0 aromatic heterocycles. The largest absolute Gasteiger partial charge is 0.481 e. The van der Waals surface area contributed by atoms with Gasteiger partial charge in [-0.25, -0.2) is 0 Å². The van der Waals surface area contributed by atoms with Gasteiger partial charge in [-0.1, -0.05) is 7.43 Å². The van der Waals surface area contributed by atoms with E-state index in [4.69, 9.17) is 36.4 Å². The Morgan fingerprint density at radius 3 is 1.47 bits per heavy atom. The predicted molar refractivity (Wildman–Crippen MR) is 60.9 cm³/mol. The maximum Gasteiger partial charge on any atom is 0.373 e. The molecule has 0 radical (unpaired) electrons. The first kappa shape index (κ1) is 25.5. The molecular weight excluding hydrogens is 264 g/mol. The molecule has 0 saturated heterocycles. The van der Waals surface area contributed by atoms with Crippen molar-refractivity contribution >= 4 is 24.1 Å². The van der Waals surface area contributed by atoms with E-state index in [-0.39, 0.29) is 26.5 Å². The second kappa shape index (κ2) is 18.1. The van der Waals surface area contributed by atoms with Crippen LogP contribution in [0.15, 0.2) is 0 Å². The van der Waals surface area contributed by atoms with E-state index in [1.54, 1.807) is 0 Å². The quantitative estimate of drug-likeness (QED) is 0.389. The van der Waals surface area contributed by atoms with Gasteiger partial charge in [-0.3, -0.25) is 14.4 Å². The number of carboxylic acids is 3. The number of carbonyl (C=O) groups is 3. The summed E-state index contributed by atoms with van der Waals surface area (Å²) in [5, 5.41) is 23.9. The highest BCUT2D eigenvalue weighted by molar-refractivity contribution is 5.80. The van der Waals surface area contributed by atoms with Crippen molar-refractivity contribution in [3.05, 3.63) is 0 Å². The lowest BCUT2D eigenvalue weighted by atomic mass is 10.2. The molecular formula is C9H18N2O8. The first-order valence-electron chi connectivity index (χ1n) is 4.34. The van der Waals surface area contributed by atoms with Gasteiger partial charge in [0, 0.05) is 6.54 Å². The molecule has 0 aliphatic rings. The molecule has 7 N–H and O–H groups in total. The number of hydrogen-bond acceptors (Lipinski definition) is 7. The van der Waals surface area contributed by atoms with E-state index < -0.39 is 30.4 Å². The molecule has 0 amide bonds. The molecule has 0 saturated carbocycles. The zero-order valence-corrected chi connectivity index (χ0v) is 9.24. The van der Waals surface area contributed by atoms with Crippen LogP contribution in [0, 0.1) is 0 Å². The molecule has 0 heterocycles. The van der Waals surface area contributed by atoms with E-state index in [1.165, 1.54) is 0 Å². The third-order valence-electron chi connectivity index (χ3n) is 1.07. The van der Waals surface area contributed by atoms with Gasteiger partial charge in [-0.05, 0) is 0 Å². The number of rotatable bonds is 5. The molecule has 0 aliphatic heterocycles. The lowest BCUT2D eigenvalue weighted by Crippen LogP contribution is -2.32. The minimum atomic E-state index is -1.29. The van der Waals surface area contributed by atoms with Crippen LogP contribution in [0.1, 0.15) is 20.3 Å². The minimum Gasteiger partial charge on any atom is -0.481 e. The van der Waals surface area contributed by atoms with E-state index >= 15 is 0 Å². The van der Waals surface area contributed by atoms with Gasteiger partial charge in [0.1, 0.15) is 6.04 Å². The lowest BCUT2D eigenvalue weighted by molar-refractivity contribution is -0.191. The summed E-state index contributed by atoms with van der Waals surface area (Å²) < 4.78 is 0. The maximum absolute atomic E-state index is 9.85. The molecule has 0 aliphatic carbocycles. The smallest absolute Gasteiger partial charge is 0.373 e. The fourth-order valence-corrected chi connectivity index (χ4v) is 0.399. The molecule has 0 unspecified atom stereocenters. The molecule has 0 fully saturated rings. The summed E-state index contributed by atoms with van der Waals surface area (Å²) in [5.41, 5.74) is 9.69. The molecule has 1 atom stereocenters. The summed E-state index contributed by atoms with van der Waals surface area (Å²) >= 11 is 0. The molecule has 0 aromatic carbocycles. The van der Waals surface area contributed by atoms with Crippen LogP contribution in [0.3, 0.4) is 0 Å². The van der Waals surface area contributed by atoms with Crippen LogP contribution < -0.4 is 11.5 Å². The monoisotopic (exact) mass is 282 g/mol. The van der Waals surface area contributed by atoms with Gasteiger partial charge in [0.15, 0.2) is 0 Å². The number of aliphatic carboxylic acids is 3. The number of carbonyl (C=O) groups excluding carboxylic acids is 2. The molecule has 10 nitrogen and oxygen atoms in total. The Morgan fingerprint density at radius 1 is 1.05 bits per heavy atom. The highest BCUT2D eigenvalue weighted by Crippen LogP contribution is 1.86. The Labute approximate surface area is 109 Å². The molecule has 19 heavy (non-hydrogen) atoms. The van der Waals surface area contributed by atoms with Gasteiger partial charge in [0.25, 0.3) is 0 Å². The van der Waals surface area contributed by atoms with Crippen LogP contribution >= 0.6 is 0 Å². The summed E-state index contributed by atoms with van der Waals surface area (Å²) in [6.45, 7) is 0.231. The standard InChI is InChI=1S/C4H7NO4.C3H7NO2.CO2.CH4/c5-2(4(8)9)1-3(6)7;4-2-1-3(5)6;2-1-3;/h2H,1,5H2,(H,6,7)(H,8,9);1-2,4H2,(H,5,6);;1H4/t2-;;;/m0.../s1. The van der Waals surface area contributed by atoms with Crippen LogP contribution in [-0.4, -0.2) is 52.0 Å². The molecule has 0 spiro atoms. The number of hydrogen-bond donors (Lipinski definition) is 5. The van der Waals surface area contributed by atoms with Crippen LogP contribution in [0.2, 0.25) is 0 Å². The van der Waals surface area contributed by atoms with Gasteiger partial charge < -0.3 is 26.8 Å². The van der Waals surface area contributed by atoms with Crippen LogP contribution in [0.25, 0.3) is 0 Å². The van der Waals surface area contributed by atoms with Gasteiger partial charge >= 0.3 is 24.1 Å². The van der Waals surface area contributed by atoms with E-state index in [2.05, 4.69) is 0 Å². The molecule has 0 aromatic rings. The predicted octanol–water partition coefficient (Wildman–Crippen LogP) is -1.65. The van der Waals surface area contributed by atoms with E-state index in [0.717, 1.165) is 0 Å². The summed E-state index contributed by atoms with van der Waals surface area (Å²) in [6, 6.07) is -1.29. The highest BCUT2D eigenvalue weighted by Gasteiger charge is 2.14. The highest BCUT2D eigenvalue weighted by atomic mass is 16.4. The summed E-state index contributed by atoms with van der Waals surface area (Å²) in [5.74, 6) is -3.33. The van der Waals surface area contributed by atoms with Crippen LogP contribution in [0.4, 0.5) is 0 Å². The van der Waals surface area contributed by atoms with Crippen molar-refractivity contribution in [2.24, 2.45) is 11.5 Å². The van der Waals surface area contributed by atoms with Crippen molar-refractivity contribution in [1.82, 2.24) is 0 Å². The van der Waals surface area contributed by atoms with Gasteiger partial charge in [0.05, 0.1) is 12.8 Å². The zero-order chi connectivity index (χ0) is 15.1. The van der Waals surface area contributed by atoms with Gasteiger partial charge in [-0.2, -0.15) is 9.59 Å². The van der Waals surface area contributed by atoms with Crippen molar-refractivity contribution in [3.63, 3.8) is 0 Å². The van der Waals surface area contributed by atoms with E-state index in [0.29, 0.717) is 0 Å². The average Bonchev–Trinajstić information content (AvgIpc) is 2.18. The van der Waals surface area contributed by atoms with Crippen molar-refractivity contribution in [2.45, 2.75) is 26.3 Å². The molecule has 0 rings (SSSR count). The van der Waals surface area contributed by atoms with Gasteiger partial charge in [-0.15, -0.1) is 0 Å². The summed E-state index contributed by atoms with van der Waals surface area (Å²) in [6.07, 6.45) is -0.213. The van der Waals surface area contributed by atoms with E-state index in [1.807, 2.05) is 0 Å². The van der Waals surface area contributed by atoms with Crippen LogP contribution in [0.5, 0.6) is 0 Å². The summed E-state index contributed by atoms with van der Waals surface area (Å²) in [7, 11) is 0. The zero-order valence-electron chi connectivity index (χ0n) is 9.24. The Balaban J connectivity index is -0.0000000982. The number of nitrogens with two attached hydrogens (primary N) is 2. The topological polar surface area (TPSA) is 198 Å². The third kappa shape index (κ3) is 38.9. The lowest BCUT2D eigenvalue weighted by Gasteiger charge is -1.99.